The van der Waals surface area contributed by atoms with Crippen molar-refractivity contribution >= 4 is 0 Å². The molecule has 0 atom stereocenters. The molecule has 0 aromatic heterocycles. The van der Waals surface area contributed by atoms with Crippen LogP contribution in [0.2, 0.25) is 0 Å². The second-order valence-corrected chi connectivity index (χ2v) is 6.78. The molecule has 2 saturated carbocycles. The summed E-state index contributed by atoms with van der Waals surface area (Å²) in [7, 11) is 2.29. The van der Waals surface area contributed by atoms with Crippen molar-refractivity contribution in [1.82, 2.24) is 4.90 Å². The number of nitrogens with zero attached hydrogens (tertiary/aromatic N) is 1. The Morgan fingerprint density at radius 1 is 0.944 bits per heavy atom. The van der Waals surface area contributed by atoms with Gasteiger partial charge in [-0.05, 0) is 32.7 Å². The van der Waals surface area contributed by atoms with Gasteiger partial charge in [-0.3, -0.25) is 0 Å². The van der Waals surface area contributed by atoms with Gasteiger partial charge in [0.25, 0.3) is 0 Å². The molecular weight excluding hydrogens is 222 g/mol. The third-order valence-corrected chi connectivity index (χ3v) is 5.28. The number of aliphatic hydroxyl groups excluding tert-OH is 1. The molecule has 0 radical (unpaired) electrons. The van der Waals surface area contributed by atoms with E-state index in [-0.39, 0.29) is 5.41 Å². The number of rotatable bonds is 4. The first-order valence-electron chi connectivity index (χ1n) is 8.07. The van der Waals surface area contributed by atoms with Crippen molar-refractivity contribution in [1.29, 1.82) is 0 Å². The maximum absolute atomic E-state index is 9.82. The molecule has 0 spiro atoms. The molecule has 0 aliphatic heterocycles. The van der Waals surface area contributed by atoms with Gasteiger partial charge in [-0.2, -0.15) is 0 Å². The Morgan fingerprint density at radius 3 is 2.06 bits per heavy atom. The maximum Gasteiger partial charge on any atom is 0.0499 e. The van der Waals surface area contributed by atoms with Crippen LogP contribution >= 0.6 is 0 Å². The van der Waals surface area contributed by atoms with E-state index in [1.807, 2.05) is 0 Å². The van der Waals surface area contributed by atoms with E-state index in [1.54, 1.807) is 0 Å². The average molecular weight is 253 g/mol. The molecule has 0 amide bonds. The lowest BCUT2D eigenvalue weighted by Gasteiger charge is -2.41. The van der Waals surface area contributed by atoms with Gasteiger partial charge in [0.2, 0.25) is 0 Å². The molecule has 2 fully saturated rings. The van der Waals surface area contributed by atoms with Crippen LogP contribution in [0.5, 0.6) is 0 Å². The Kier molecular flexibility index (Phi) is 5.50. The van der Waals surface area contributed by atoms with Gasteiger partial charge in [0.1, 0.15) is 0 Å². The van der Waals surface area contributed by atoms with Gasteiger partial charge in [-0.1, -0.05) is 44.9 Å². The van der Waals surface area contributed by atoms with E-state index < -0.39 is 0 Å². The second-order valence-electron chi connectivity index (χ2n) is 6.78. The van der Waals surface area contributed by atoms with Crippen molar-refractivity contribution in [3.63, 3.8) is 0 Å². The molecule has 0 heterocycles. The van der Waals surface area contributed by atoms with E-state index in [2.05, 4.69) is 11.9 Å². The lowest BCUT2D eigenvalue weighted by Crippen LogP contribution is -2.44. The third-order valence-electron chi connectivity index (χ3n) is 5.28. The Balaban J connectivity index is 1.89. The molecule has 106 valence electrons. The Bertz CT molecular complexity index is 227. The number of hydrogen-bond donors (Lipinski definition) is 1. The summed E-state index contributed by atoms with van der Waals surface area (Å²) in [6.45, 7) is 1.51. The van der Waals surface area contributed by atoms with Crippen molar-refractivity contribution in [2.24, 2.45) is 5.41 Å². The monoisotopic (exact) mass is 253 g/mol. The van der Waals surface area contributed by atoms with Crippen molar-refractivity contribution < 1.29 is 5.11 Å². The zero-order chi connectivity index (χ0) is 12.8. The fraction of sp³-hybridized carbons (Fsp3) is 1.00. The molecule has 0 aromatic carbocycles. The van der Waals surface area contributed by atoms with E-state index in [1.165, 1.54) is 70.6 Å². The minimum atomic E-state index is 0.222. The van der Waals surface area contributed by atoms with Crippen LogP contribution in [0.3, 0.4) is 0 Å². The quantitative estimate of drug-likeness (QED) is 0.774. The van der Waals surface area contributed by atoms with E-state index >= 15 is 0 Å². The van der Waals surface area contributed by atoms with Crippen LogP contribution in [0.15, 0.2) is 0 Å². The number of hydrogen-bond acceptors (Lipinski definition) is 2. The standard InChI is InChI=1S/C16H31NO/c1-17(15-9-5-2-3-6-10-15)13-16(14-18)11-7-4-8-12-16/h15,18H,2-14H2,1H3. The highest BCUT2D eigenvalue weighted by Crippen LogP contribution is 2.37. The summed E-state index contributed by atoms with van der Waals surface area (Å²) in [5.41, 5.74) is 0.222. The largest absolute Gasteiger partial charge is 0.396 e. The smallest absolute Gasteiger partial charge is 0.0499 e. The Morgan fingerprint density at radius 2 is 1.50 bits per heavy atom. The van der Waals surface area contributed by atoms with Crippen molar-refractivity contribution in [2.75, 3.05) is 20.2 Å². The van der Waals surface area contributed by atoms with Gasteiger partial charge in [0.15, 0.2) is 0 Å². The molecule has 1 N–H and O–H groups in total. The van der Waals surface area contributed by atoms with Crippen LogP contribution in [0.25, 0.3) is 0 Å². The first-order chi connectivity index (χ1) is 8.76. The van der Waals surface area contributed by atoms with Gasteiger partial charge in [-0.15, -0.1) is 0 Å². The van der Waals surface area contributed by atoms with Crippen molar-refractivity contribution in [2.45, 2.75) is 76.7 Å². The van der Waals surface area contributed by atoms with Gasteiger partial charge >= 0.3 is 0 Å². The Labute approximate surface area is 113 Å². The SMILES string of the molecule is CN(CC1(CO)CCCCC1)C1CCCCCC1. The maximum atomic E-state index is 9.82. The molecule has 2 rings (SSSR count). The molecule has 0 bridgehead atoms. The topological polar surface area (TPSA) is 23.5 Å². The zero-order valence-electron chi connectivity index (χ0n) is 12.2. The summed E-state index contributed by atoms with van der Waals surface area (Å²) in [5.74, 6) is 0. The molecule has 0 unspecified atom stereocenters. The van der Waals surface area contributed by atoms with E-state index in [0.717, 1.165) is 12.6 Å². The fourth-order valence-electron chi connectivity index (χ4n) is 4.02. The first kappa shape index (κ1) is 14.3. The van der Waals surface area contributed by atoms with Gasteiger partial charge in [-0.25, -0.2) is 0 Å². The normalized spacial score (nSPS) is 26.2. The fourth-order valence-corrected chi connectivity index (χ4v) is 4.02. The molecular formula is C16H31NO. The summed E-state index contributed by atoms with van der Waals surface area (Å²) < 4.78 is 0. The molecule has 18 heavy (non-hydrogen) atoms. The summed E-state index contributed by atoms with van der Waals surface area (Å²) in [6.07, 6.45) is 14.9. The van der Waals surface area contributed by atoms with Crippen LogP contribution in [0.1, 0.15) is 70.6 Å². The van der Waals surface area contributed by atoms with Crippen LogP contribution in [0.4, 0.5) is 0 Å². The molecule has 2 aliphatic carbocycles. The minimum Gasteiger partial charge on any atom is -0.396 e. The lowest BCUT2D eigenvalue weighted by atomic mass is 9.74. The average Bonchev–Trinajstić information content (AvgIpc) is 2.68. The highest BCUT2D eigenvalue weighted by atomic mass is 16.3. The Hall–Kier alpha value is -0.0800. The van der Waals surface area contributed by atoms with Gasteiger partial charge in [0.05, 0.1) is 0 Å². The highest BCUT2D eigenvalue weighted by Gasteiger charge is 2.34. The van der Waals surface area contributed by atoms with Gasteiger partial charge < -0.3 is 10.0 Å². The summed E-state index contributed by atoms with van der Waals surface area (Å²) in [4.78, 5) is 2.58. The van der Waals surface area contributed by atoms with E-state index in [4.69, 9.17) is 0 Å². The molecule has 0 saturated heterocycles. The predicted octanol–water partition coefficient (Wildman–Crippen LogP) is 3.58. The van der Waals surface area contributed by atoms with Crippen LogP contribution < -0.4 is 0 Å². The molecule has 2 heteroatoms. The zero-order valence-corrected chi connectivity index (χ0v) is 12.2. The van der Waals surface area contributed by atoms with Gasteiger partial charge in [0, 0.05) is 24.6 Å². The predicted molar refractivity (Wildman–Crippen MR) is 76.7 cm³/mol. The second kappa shape index (κ2) is 6.91. The van der Waals surface area contributed by atoms with E-state index in [9.17, 15) is 5.11 Å². The molecule has 0 aromatic rings. The molecule has 2 aliphatic rings. The summed E-state index contributed by atoms with van der Waals surface area (Å²) in [6, 6.07) is 0.776. The summed E-state index contributed by atoms with van der Waals surface area (Å²) >= 11 is 0. The highest BCUT2D eigenvalue weighted by molar-refractivity contribution is 4.86. The van der Waals surface area contributed by atoms with Crippen molar-refractivity contribution in [3.05, 3.63) is 0 Å². The lowest BCUT2D eigenvalue weighted by molar-refractivity contribution is 0.0330. The summed E-state index contributed by atoms with van der Waals surface area (Å²) in [5, 5.41) is 9.82. The third kappa shape index (κ3) is 3.71. The van der Waals surface area contributed by atoms with Crippen LogP contribution in [0, 0.1) is 5.41 Å². The first-order valence-corrected chi connectivity index (χ1v) is 8.07. The van der Waals surface area contributed by atoms with Crippen LogP contribution in [-0.4, -0.2) is 36.2 Å². The van der Waals surface area contributed by atoms with Crippen molar-refractivity contribution in [3.8, 4) is 0 Å². The molecule has 2 nitrogen and oxygen atoms in total. The number of aliphatic hydroxyl groups is 1. The van der Waals surface area contributed by atoms with E-state index in [0.29, 0.717) is 6.61 Å². The van der Waals surface area contributed by atoms with Crippen LogP contribution in [-0.2, 0) is 0 Å². The minimum absolute atomic E-state index is 0.222.